The Hall–Kier alpha value is -1.81. The lowest BCUT2D eigenvalue weighted by molar-refractivity contribution is 0.340. The van der Waals surface area contributed by atoms with Gasteiger partial charge in [-0.2, -0.15) is 0 Å². The van der Waals surface area contributed by atoms with E-state index in [2.05, 4.69) is 9.97 Å². The lowest BCUT2D eigenvalue weighted by Crippen LogP contribution is -2.03. The molecule has 0 aliphatic carbocycles. The minimum absolute atomic E-state index is 0.603. The summed E-state index contributed by atoms with van der Waals surface area (Å²) >= 11 is 0. The van der Waals surface area contributed by atoms with E-state index >= 15 is 0 Å². The van der Waals surface area contributed by atoms with Crippen LogP contribution < -0.4 is 10.5 Å². The maximum atomic E-state index is 5.54. The van der Waals surface area contributed by atoms with Crippen molar-refractivity contribution in [3.63, 3.8) is 0 Å². The molecule has 1 aromatic heterocycles. The first-order chi connectivity index (χ1) is 8.74. The summed E-state index contributed by atoms with van der Waals surface area (Å²) in [6, 6.07) is 7.99. The molecule has 0 saturated heterocycles. The molecule has 0 aliphatic rings. The molecule has 0 saturated carbocycles. The third kappa shape index (κ3) is 2.71. The van der Waals surface area contributed by atoms with Gasteiger partial charge in [-0.1, -0.05) is 12.1 Å². The molecule has 2 aromatic rings. The number of hydrogen-bond donors (Lipinski definition) is 2. The Bertz CT molecular complexity index is 520. The summed E-state index contributed by atoms with van der Waals surface area (Å²) in [6.45, 7) is 5.27. The number of nitrogens with zero attached hydrogens (tertiary/aromatic N) is 1. The van der Waals surface area contributed by atoms with E-state index in [0.29, 0.717) is 13.2 Å². The van der Waals surface area contributed by atoms with Gasteiger partial charge in [-0.3, -0.25) is 0 Å². The Morgan fingerprint density at radius 3 is 2.94 bits per heavy atom. The number of imidazole rings is 1. The van der Waals surface area contributed by atoms with Gasteiger partial charge < -0.3 is 15.5 Å². The predicted octanol–water partition coefficient (Wildman–Crippen LogP) is 2.29. The van der Waals surface area contributed by atoms with E-state index in [9.17, 15) is 0 Å². The molecule has 0 unspecified atom stereocenters. The van der Waals surface area contributed by atoms with Crippen LogP contribution in [-0.4, -0.2) is 23.1 Å². The molecule has 0 aliphatic heterocycles. The van der Waals surface area contributed by atoms with Crippen LogP contribution in [0.4, 0.5) is 0 Å². The Balaban J connectivity index is 2.32. The fourth-order valence-corrected chi connectivity index (χ4v) is 1.96. The largest absolute Gasteiger partial charge is 0.494 e. The third-order valence-corrected chi connectivity index (χ3v) is 2.73. The number of aromatic nitrogens is 2. The highest BCUT2D eigenvalue weighted by Gasteiger charge is 2.09. The molecule has 18 heavy (non-hydrogen) atoms. The highest BCUT2D eigenvalue weighted by Crippen LogP contribution is 2.25. The molecule has 96 valence electrons. The van der Waals surface area contributed by atoms with Gasteiger partial charge in [0.25, 0.3) is 0 Å². The van der Waals surface area contributed by atoms with Crippen LogP contribution in [0.5, 0.6) is 5.75 Å². The van der Waals surface area contributed by atoms with Gasteiger partial charge in [0.2, 0.25) is 0 Å². The number of hydrogen-bond acceptors (Lipinski definition) is 3. The quantitative estimate of drug-likeness (QED) is 0.849. The molecular formula is C14H19N3O. The first-order valence-electron chi connectivity index (χ1n) is 6.23. The van der Waals surface area contributed by atoms with Crippen LogP contribution in [-0.2, 0) is 6.42 Å². The second-order valence-corrected chi connectivity index (χ2v) is 4.16. The molecule has 0 fully saturated rings. The van der Waals surface area contributed by atoms with Gasteiger partial charge in [0.15, 0.2) is 0 Å². The van der Waals surface area contributed by atoms with Crippen molar-refractivity contribution in [3.05, 3.63) is 35.8 Å². The van der Waals surface area contributed by atoms with Gasteiger partial charge in [0.1, 0.15) is 11.6 Å². The fraction of sp³-hybridized carbons (Fsp3) is 0.357. The molecule has 2 rings (SSSR count). The lowest BCUT2D eigenvalue weighted by atomic mass is 10.1. The number of nitrogens with one attached hydrogen (secondary N) is 1. The van der Waals surface area contributed by atoms with Gasteiger partial charge in [-0.25, -0.2) is 4.98 Å². The van der Waals surface area contributed by atoms with Crippen LogP contribution >= 0.6 is 0 Å². The van der Waals surface area contributed by atoms with Crippen molar-refractivity contribution in [2.24, 2.45) is 5.73 Å². The molecule has 1 heterocycles. The Morgan fingerprint density at radius 1 is 1.39 bits per heavy atom. The van der Waals surface area contributed by atoms with Gasteiger partial charge in [-0.05, 0) is 32.5 Å². The number of aryl methyl sites for hydroxylation is 1. The normalized spacial score (nSPS) is 10.6. The zero-order valence-electron chi connectivity index (χ0n) is 10.9. The SMILES string of the molecule is CCOc1cccc(-c2nc(CCN)[nH]c2C)c1. The second-order valence-electron chi connectivity index (χ2n) is 4.16. The molecule has 0 atom stereocenters. The Kier molecular flexibility index (Phi) is 3.99. The van der Waals surface area contributed by atoms with Gasteiger partial charge in [-0.15, -0.1) is 0 Å². The van der Waals surface area contributed by atoms with Crippen molar-refractivity contribution >= 4 is 0 Å². The number of aromatic amines is 1. The van der Waals surface area contributed by atoms with Crippen LogP contribution in [0.3, 0.4) is 0 Å². The van der Waals surface area contributed by atoms with E-state index in [0.717, 1.165) is 34.9 Å². The number of ether oxygens (including phenoxy) is 1. The fourth-order valence-electron chi connectivity index (χ4n) is 1.96. The average molecular weight is 245 g/mol. The molecule has 0 bridgehead atoms. The maximum absolute atomic E-state index is 5.54. The summed E-state index contributed by atoms with van der Waals surface area (Å²) < 4.78 is 5.50. The number of nitrogens with two attached hydrogens (primary N) is 1. The standard InChI is InChI=1S/C14H19N3O/c1-3-18-12-6-4-5-11(9-12)14-10(2)16-13(17-14)7-8-15/h4-6,9H,3,7-8,15H2,1-2H3,(H,16,17). The maximum Gasteiger partial charge on any atom is 0.119 e. The molecular weight excluding hydrogens is 226 g/mol. The molecule has 4 nitrogen and oxygen atoms in total. The Morgan fingerprint density at radius 2 is 2.22 bits per heavy atom. The minimum atomic E-state index is 0.603. The summed E-state index contributed by atoms with van der Waals surface area (Å²) in [5.74, 6) is 1.81. The first-order valence-corrected chi connectivity index (χ1v) is 6.23. The number of H-pyrrole nitrogens is 1. The van der Waals surface area contributed by atoms with E-state index in [4.69, 9.17) is 10.5 Å². The lowest BCUT2D eigenvalue weighted by Gasteiger charge is -2.04. The van der Waals surface area contributed by atoms with Crippen LogP contribution in [0.25, 0.3) is 11.3 Å². The topological polar surface area (TPSA) is 63.9 Å². The number of benzene rings is 1. The zero-order chi connectivity index (χ0) is 13.0. The number of rotatable bonds is 5. The van der Waals surface area contributed by atoms with Crippen molar-refractivity contribution in [2.45, 2.75) is 20.3 Å². The summed E-state index contributed by atoms with van der Waals surface area (Å²) in [7, 11) is 0. The van der Waals surface area contributed by atoms with E-state index < -0.39 is 0 Å². The van der Waals surface area contributed by atoms with Crippen LogP contribution in [0.2, 0.25) is 0 Å². The minimum Gasteiger partial charge on any atom is -0.494 e. The van der Waals surface area contributed by atoms with Gasteiger partial charge in [0.05, 0.1) is 12.3 Å². The van der Waals surface area contributed by atoms with Gasteiger partial charge in [0, 0.05) is 17.7 Å². The van der Waals surface area contributed by atoms with Crippen molar-refractivity contribution in [1.29, 1.82) is 0 Å². The predicted molar refractivity (Wildman–Crippen MR) is 72.7 cm³/mol. The smallest absolute Gasteiger partial charge is 0.119 e. The summed E-state index contributed by atoms with van der Waals surface area (Å²) in [6.07, 6.45) is 0.770. The highest BCUT2D eigenvalue weighted by molar-refractivity contribution is 5.63. The summed E-state index contributed by atoms with van der Waals surface area (Å²) in [5, 5.41) is 0. The van der Waals surface area contributed by atoms with Crippen molar-refractivity contribution in [2.75, 3.05) is 13.2 Å². The van der Waals surface area contributed by atoms with E-state index in [1.165, 1.54) is 0 Å². The van der Waals surface area contributed by atoms with Crippen LogP contribution in [0, 0.1) is 6.92 Å². The summed E-state index contributed by atoms with van der Waals surface area (Å²) in [5.41, 5.74) is 8.64. The monoisotopic (exact) mass is 245 g/mol. The molecule has 4 heteroatoms. The first kappa shape index (κ1) is 12.6. The van der Waals surface area contributed by atoms with Crippen LogP contribution in [0.15, 0.2) is 24.3 Å². The molecule has 0 spiro atoms. The highest BCUT2D eigenvalue weighted by atomic mass is 16.5. The second kappa shape index (κ2) is 5.69. The average Bonchev–Trinajstić information content (AvgIpc) is 2.72. The van der Waals surface area contributed by atoms with Crippen molar-refractivity contribution in [3.8, 4) is 17.0 Å². The summed E-state index contributed by atoms with van der Waals surface area (Å²) in [4.78, 5) is 7.84. The molecule has 1 aromatic carbocycles. The molecule has 0 amide bonds. The molecule has 3 N–H and O–H groups in total. The molecule has 0 radical (unpaired) electrons. The zero-order valence-corrected chi connectivity index (χ0v) is 10.9. The van der Waals surface area contributed by atoms with Crippen LogP contribution in [0.1, 0.15) is 18.4 Å². The van der Waals surface area contributed by atoms with Gasteiger partial charge >= 0.3 is 0 Å². The van der Waals surface area contributed by atoms with Crippen molar-refractivity contribution in [1.82, 2.24) is 9.97 Å². The van der Waals surface area contributed by atoms with E-state index in [1.54, 1.807) is 0 Å². The van der Waals surface area contributed by atoms with Crippen molar-refractivity contribution < 1.29 is 4.74 Å². The Labute approximate surface area is 107 Å². The third-order valence-electron chi connectivity index (χ3n) is 2.73. The van der Waals surface area contributed by atoms with E-state index in [-0.39, 0.29) is 0 Å². The van der Waals surface area contributed by atoms with E-state index in [1.807, 2.05) is 38.1 Å².